The van der Waals surface area contributed by atoms with Gasteiger partial charge in [0.05, 0.1) is 12.7 Å². The Morgan fingerprint density at radius 2 is 2.36 bits per heavy atom. The molecule has 1 aliphatic rings. The minimum atomic E-state index is 0.646. The summed E-state index contributed by atoms with van der Waals surface area (Å²) in [4.78, 5) is 0. The summed E-state index contributed by atoms with van der Waals surface area (Å²) in [5.41, 5.74) is 2.64. The Labute approximate surface area is 84.1 Å². The van der Waals surface area contributed by atoms with Crippen molar-refractivity contribution in [1.29, 1.82) is 5.26 Å². The number of benzene rings is 1. The molecule has 0 aromatic heterocycles. The van der Waals surface area contributed by atoms with E-state index in [1.165, 1.54) is 11.1 Å². The molecule has 0 amide bonds. The highest BCUT2D eigenvalue weighted by Crippen LogP contribution is 2.26. The van der Waals surface area contributed by atoms with Crippen LogP contribution in [-0.2, 0) is 12.8 Å². The van der Waals surface area contributed by atoms with E-state index in [0.717, 1.165) is 31.6 Å². The maximum absolute atomic E-state index is 8.43. The quantitative estimate of drug-likeness (QED) is 0.681. The molecule has 2 rings (SSSR count). The minimum Gasteiger partial charge on any atom is -0.493 e. The van der Waals surface area contributed by atoms with Crippen LogP contribution in [0.4, 0.5) is 0 Å². The van der Waals surface area contributed by atoms with Crippen LogP contribution in [0, 0.1) is 11.3 Å². The molecule has 1 heterocycles. The van der Waals surface area contributed by atoms with Gasteiger partial charge in [-0.25, -0.2) is 0 Å². The Hall–Kier alpha value is -1.49. The van der Waals surface area contributed by atoms with Gasteiger partial charge in [-0.05, 0) is 30.0 Å². The maximum atomic E-state index is 8.43. The molecular formula is C12H13NO. The van der Waals surface area contributed by atoms with Gasteiger partial charge < -0.3 is 4.74 Å². The first kappa shape index (κ1) is 9.08. The first-order valence-electron chi connectivity index (χ1n) is 5.02. The summed E-state index contributed by atoms with van der Waals surface area (Å²) in [5, 5.41) is 8.43. The van der Waals surface area contributed by atoms with Crippen molar-refractivity contribution in [1.82, 2.24) is 0 Å². The second-order valence-electron chi connectivity index (χ2n) is 3.55. The third-order valence-electron chi connectivity index (χ3n) is 2.51. The number of nitrogens with zero attached hydrogens (tertiary/aromatic N) is 1. The van der Waals surface area contributed by atoms with Gasteiger partial charge in [-0.1, -0.05) is 12.1 Å². The molecule has 0 spiro atoms. The summed E-state index contributed by atoms with van der Waals surface area (Å²) in [7, 11) is 0. The third-order valence-corrected chi connectivity index (χ3v) is 2.51. The highest BCUT2D eigenvalue weighted by Gasteiger charge is 2.11. The molecule has 1 aromatic carbocycles. The van der Waals surface area contributed by atoms with Crippen LogP contribution < -0.4 is 4.74 Å². The van der Waals surface area contributed by atoms with E-state index in [9.17, 15) is 0 Å². The molecule has 1 aromatic rings. The van der Waals surface area contributed by atoms with Crippen molar-refractivity contribution in [3.05, 3.63) is 29.3 Å². The average Bonchev–Trinajstić information content (AvgIpc) is 2.65. The summed E-state index contributed by atoms with van der Waals surface area (Å²) in [5.74, 6) is 1.04. The van der Waals surface area contributed by atoms with Gasteiger partial charge in [0, 0.05) is 12.8 Å². The molecule has 72 valence electrons. The predicted octanol–water partition coefficient (Wildman–Crippen LogP) is 2.47. The Morgan fingerprint density at radius 1 is 1.43 bits per heavy atom. The smallest absolute Gasteiger partial charge is 0.122 e. The van der Waals surface area contributed by atoms with Crippen LogP contribution in [0.5, 0.6) is 5.75 Å². The van der Waals surface area contributed by atoms with E-state index in [0.29, 0.717) is 6.42 Å². The molecule has 0 saturated heterocycles. The van der Waals surface area contributed by atoms with Crippen molar-refractivity contribution in [2.24, 2.45) is 0 Å². The van der Waals surface area contributed by atoms with Crippen molar-refractivity contribution in [2.75, 3.05) is 6.61 Å². The van der Waals surface area contributed by atoms with Crippen molar-refractivity contribution in [2.45, 2.75) is 25.7 Å². The molecule has 0 radical (unpaired) electrons. The zero-order valence-electron chi connectivity index (χ0n) is 8.12. The molecular weight excluding hydrogens is 174 g/mol. The monoisotopic (exact) mass is 187 g/mol. The molecule has 2 heteroatoms. The minimum absolute atomic E-state index is 0.646. The SMILES string of the molecule is N#CCCCc1ccc2c(c1)CCO2. The van der Waals surface area contributed by atoms with Crippen LogP contribution in [-0.4, -0.2) is 6.61 Å². The molecule has 1 aliphatic heterocycles. The van der Waals surface area contributed by atoms with Crippen LogP contribution in [0.2, 0.25) is 0 Å². The van der Waals surface area contributed by atoms with E-state index in [1.807, 2.05) is 6.07 Å². The topological polar surface area (TPSA) is 33.0 Å². The van der Waals surface area contributed by atoms with Gasteiger partial charge in [0.1, 0.15) is 5.75 Å². The Kier molecular flexibility index (Phi) is 2.69. The third kappa shape index (κ3) is 1.88. The van der Waals surface area contributed by atoms with Gasteiger partial charge in [0.15, 0.2) is 0 Å². The molecule has 2 nitrogen and oxygen atoms in total. The number of ether oxygens (including phenoxy) is 1. The van der Waals surface area contributed by atoms with Gasteiger partial charge in [-0.2, -0.15) is 5.26 Å². The molecule has 0 fully saturated rings. The van der Waals surface area contributed by atoms with Gasteiger partial charge in [-0.15, -0.1) is 0 Å². The Bertz CT molecular complexity index is 365. The molecule has 0 bridgehead atoms. The van der Waals surface area contributed by atoms with Crippen LogP contribution in [0.15, 0.2) is 18.2 Å². The second-order valence-corrected chi connectivity index (χ2v) is 3.55. The predicted molar refractivity (Wildman–Crippen MR) is 54.2 cm³/mol. The fraction of sp³-hybridized carbons (Fsp3) is 0.417. The lowest BCUT2D eigenvalue weighted by atomic mass is 10.0. The Balaban J connectivity index is 2.02. The van der Waals surface area contributed by atoms with E-state index in [2.05, 4.69) is 18.2 Å². The Morgan fingerprint density at radius 3 is 3.21 bits per heavy atom. The molecule has 0 unspecified atom stereocenters. The van der Waals surface area contributed by atoms with Crippen molar-refractivity contribution < 1.29 is 4.74 Å². The molecule has 0 aliphatic carbocycles. The molecule has 0 saturated carbocycles. The fourth-order valence-corrected chi connectivity index (χ4v) is 1.77. The van der Waals surface area contributed by atoms with Gasteiger partial charge in [0.25, 0.3) is 0 Å². The summed E-state index contributed by atoms with van der Waals surface area (Å²) in [6.45, 7) is 0.816. The lowest BCUT2D eigenvalue weighted by Gasteiger charge is -2.02. The number of aryl methyl sites for hydroxylation is 1. The van der Waals surface area contributed by atoms with E-state index >= 15 is 0 Å². The number of fused-ring (bicyclic) bond motifs is 1. The first-order chi connectivity index (χ1) is 6.90. The van der Waals surface area contributed by atoms with Crippen molar-refractivity contribution >= 4 is 0 Å². The summed E-state index contributed by atoms with van der Waals surface area (Å²) >= 11 is 0. The second kappa shape index (κ2) is 4.15. The number of hydrogen-bond acceptors (Lipinski definition) is 2. The van der Waals surface area contributed by atoms with Gasteiger partial charge in [0.2, 0.25) is 0 Å². The first-order valence-corrected chi connectivity index (χ1v) is 5.02. The van der Waals surface area contributed by atoms with E-state index in [4.69, 9.17) is 10.00 Å². The van der Waals surface area contributed by atoms with Gasteiger partial charge >= 0.3 is 0 Å². The van der Waals surface area contributed by atoms with Crippen LogP contribution in [0.25, 0.3) is 0 Å². The van der Waals surface area contributed by atoms with E-state index in [-0.39, 0.29) is 0 Å². The molecule has 0 atom stereocenters. The lowest BCUT2D eigenvalue weighted by molar-refractivity contribution is 0.357. The lowest BCUT2D eigenvalue weighted by Crippen LogP contribution is -1.86. The number of nitriles is 1. The van der Waals surface area contributed by atoms with E-state index < -0.39 is 0 Å². The van der Waals surface area contributed by atoms with Crippen LogP contribution in [0.1, 0.15) is 24.0 Å². The van der Waals surface area contributed by atoms with E-state index in [1.54, 1.807) is 0 Å². The number of unbranched alkanes of at least 4 members (excludes halogenated alkanes) is 1. The maximum Gasteiger partial charge on any atom is 0.122 e. The fourth-order valence-electron chi connectivity index (χ4n) is 1.77. The largest absolute Gasteiger partial charge is 0.493 e. The van der Waals surface area contributed by atoms with Crippen molar-refractivity contribution in [3.63, 3.8) is 0 Å². The standard InChI is InChI=1S/C12H13NO/c13-7-2-1-3-10-4-5-12-11(9-10)6-8-14-12/h4-5,9H,1-3,6,8H2. The summed E-state index contributed by atoms with van der Waals surface area (Å²) < 4.78 is 5.43. The molecule has 14 heavy (non-hydrogen) atoms. The number of hydrogen-bond donors (Lipinski definition) is 0. The van der Waals surface area contributed by atoms with Crippen LogP contribution in [0.3, 0.4) is 0 Å². The zero-order valence-corrected chi connectivity index (χ0v) is 8.12. The van der Waals surface area contributed by atoms with Crippen molar-refractivity contribution in [3.8, 4) is 11.8 Å². The molecule has 0 N–H and O–H groups in total. The van der Waals surface area contributed by atoms with Gasteiger partial charge in [-0.3, -0.25) is 0 Å². The highest BCUT2D eigenvalue weighted by molar-refractivity contribution is 5.39. The summed E-state index contributed by atoms with van der Waals surface area (Å²) in [6.07, 6.45) is 3.63. The number of rotatable bonds is 3. The normalized spacial score (nSPS) is 13.1. The zero-order chi connectivity index (χ0) is 9.80. The van der Waals surface area contributed by atoms with Crippen LogP contribution >= 0.6 is 0 Å². The summed E-state index contributed by atoms with van der Waals surface area (Å²) in [6, 6.07) is 8.52. The average molecular weight is 187 g/mol. The highest BCUT2D eigenvalue weighted by atomic mass is 16.5.